The first kappa shape index (κ1) is 13.0. The molecule has 1 aromatic rings. The molecule has 1 N–H and O–H groups in total. The number of anilines is 1. The van der Waals surface area contributed by atoms with Gasteiger partial charge < -0.3 is 10.2 Å². The summed E-state index contributed by atoms with van der Waals surface area (Å²) in [5, 5.41) is 3.35. The Bertz CT molecular complexity index is 393. The number of nitrogens with zero attached hydrogens (tertiary/aromatic N) is 2. The molecule has 1 amide bonds. The molecule has 1 aliphatic rings. The van der Waals surface area contributed by atoms with Crippen molar-refractivity contribution in [1.82, 2.24) is 10.3 Å². The molecule has 1 fully saturated rings. The molecule has 0 bridgehead atoms. The highest BCUT2D eigenvalue weighted by Crippen LogP contribution is 2.20. The second-order valence-electron chi connectivity index (χ2n) is 4.84. The molecule has 0 saturated carbocycles. The molecule has 1 saturated heterocycles. The summed E-state index contributed by atoms with van der Waals surface area (Å²) in [7, 11) is 0. The van der Waals surface area contributed by atoms with Crippen LogP contribution in [0.5, 0.6) is 0 Å². The lowest BCUT2D eigenvalue weighted by molar-refractivity contribution is -0.122. The van der Waals surface area contributed by atoms with Gasteiger partial charge in [0.05, 0.1) is 6.04 Å². The second kappa shape index (κ2) is 5.96. The fraction of sp³-hybridized carbons (Fsp3) is 0.571. The minimum atomic E-state index is -0.0492. The van der Waals surface area contributed by atoms with Gasteiger partial charge in [0, 0.05) is 24.6 Å². The fourth-order valence-electron chi connectivity index (χ4n) is 2.54. The van der Waals surface area contributed by atoms with Crippen LogP contribution in [-0.2, 0) is 4.79 Å². The third kappa shape index (κ3) is 2.70. The van der Waals surface area contributed by atoms with Crippen molar-refractivity contribution in [3.8, 4) is 0 Å². The van der Waals surface area contributed by atoms with E-state index in [4.69, 9.17) is 0 Å². The normalized spacial score (nSPS) is 23.7. The van der Waals surface area contributed by atoms with Crippen molar-refractivity contribution in [3.63, 3.8) is 0 Å². The molecule has 0 aromatic carbocycles. The smallest absolute Gasteiger partial charge is 0.244 e. The molecule has 2 heterocycles. The lowest BCUT2D eigenvalue weighted by Gasteiger charge is -2.33. The first-order valence-corrected chi connectivity index (χ1v) is 6.68. The van der Waals surface area contributed by atoms with Gasteiger partial charge in [-0.05, 0) is 44.4 Å². The van der Waals surface area contributed by atoms with Crippen LogP contribution in [0.25, 0.3) is 0 Å². The molecule has 18 heavy (non-hydrogen) atoms. The number of likely N-dealkylation sites (N-methyl/N-ethyl adjacent to an activating group) is 1. The molecule has 98 valence electrons. The van der Waals surface area contributed by atoms with Gasteiger partial charge in [-0.25, -0.2) is 0 Å². The zero-order valence-electron chi connectivity index (χ0n) is 11.1. The Balaban J connectivity index is 2.15. The van der Waals surface area contributed by atoms with Crippen LogP contribution in [0.4, 0.5) is 5.69 Å². The average molecular weight is 247 g/mol. The highest BCUT2D eigenvalue weighted by atomic mass is 16.2. The molecule has 2 unspecified atom stereocenters. The van der Waals surface area contributed by atoms with Gasteiger partial charge in [0.15, 0.2) is 0 Å². The molecular weight excluding hydrogens is 226 g/mol. The van der Waals surface area contributed by atoms with E-state index in [1.807, 2.05) is 24.0 Å². The Morgan fingerprint density at radius 1 is 1.50 bits per heavy atom. The molecular formula is C14H21N3O. The number of hydrogen-bond donors (Lipinski definition) is 1. The number of hydrogen-bond acceptors (Lipinski definition) is 3. The van der Waals surface area contributed by atoms with Gasteiger partial charge >= 0.3 is 0 Å². The minimum Gasteiger partial charge on any atom is -0.311 e. The lowest BCUT2D eigenvalue weighted by Crippen LogP contribution is -2.52. The van der Waals surface area contributed by atoms with E-state index in [0.717, 1.165) is 25.1 Å². The Morgan fingerprint density at radius 2 is 2.22 bits per heavy atom. The van der Waals surface area contributed by atoms with E-state index in [1.165, 1.54) is 0 Å². The van der Waals surface area contributed by atoms with Crippen molar-refractivity contribution in [1.29, 1.82) is 0 Å². The van der Waals surface area contributed by atoms with Gasteiger partial charge in [0.1, 0.15) is 0 Å². The van der Waals surface area contributed by atoms with Crippen LogP contribution in [0.1, 0.15) is 26.7 Å². The van der Waals surface area contributed by atoms with E-state index in [1.54, 1.807) is 12.4 Å². The number of pyridine rings is 1. The van der Waals surface area contributed by atoms with Gasteiger partial charge in [-0.3, -0.25) is 9.78 Å². The fourth-order valence-corrected chi connectivity index (χ4v) is 2.54. The zero-order chi connectivity index (χ0) is 13.0. The van der Waals surface area contributed by atoms with Crippen LogP contribution >= 0.6 is 0 Å². The van der Waals surface area contributed by atoms with Crippen LogP contribution in [0.2, 0.25) is 0 Å². The Labute approximate surface area is 108 Å². The molecule has 4 heteroatoms. The molecule has 0 aliphatic carbocycles. The Kier molecular flexibility index (Phi) is 4.31. The molecule has 2 atom stereocenters. The quantitative estimate of drug-likeness (QED) is 0.886. The number of carbonyl (C=O) groups excluding carboxylic acids is 1. The molecule has 1 aliphatic heterocycles. The van der Waals surface area contributed by atoms with Crippen molar-refractivity contribution in [3.05, 3.63) is 24.5 Å². The van der Waals surface area contributed by atoms with E-state index >= 15 is 0 Å². The third-order valence-corrected chi connectivity index (χ3v) is 3.59. The van der Waals surface area contributed by atoms with Crippen LogP contribution in [0.15, 0.2) is 24.5 Å². The standard InChI is InChI=1S/C14H21N3O/c1-3-17(12-6-9-15-10-7-12)14(18)13-11(2)5-4-8-16-13/h6-7,9-11,13,16H,3-5,8H2,1-2H3. The summed E-state index contributed by atoms with van der Waals surface area (Å²) in [6.07, 6.45) is 5.73. The first-order valence-electron chi connectivity index (χ1n) is 6.68. The number of piperidine rings is 1. The maximum absolute atomic E-state index is 12.6. The largest absolute Gasteiger partial charge is 0.311 e. The number of nitrogens with one attached hydrogen (secondary N) is 1. The van der Waals surface area contributed by atoms with Gasteiger partial charge in [-0.2, -0.15) is 0 Å². The number of aromatic nitrogens is 1. The second-order valence-corrected chi connectivity index (χ2v) is 4.84. The van der Waals surface area contributed by atoms with Crippen LogP contribution in [0.3, 0.4) is 0 Å². The van der Waals surface area contributed by atoms with E-state index in [9.17, 15) is 4.79 Å². The van der Waals surface area contributed by atoms with Crippen LogP contribution in [0, 0.1) is 5.92 Å². The summed E-state index contributed by atoms with van der Waals surface area (Å²) in [5.74, 6) is 0.582. The Morgan fingerprint density at radius 3 is 2.83 bits per heavy atom. The molecule has 0 radical (unpaired) electrons. The summed E-state index contributed by atoms with van der Waals surface area (Å²) < 4.78 is 0. The maximum Gasteiger partial charge on any atom is 0.244 e. The molecule has 1 aromatic heterocycles. The third-order valence-electron chi connectivity index (χ3n) is 3.59. The number of amides is 1. The van der Waals surface area contributed by atoms with E-state index in [2.05, 4.69) is 17.2 Å². The minimum absolute atomic E-state index is 0.0492. The highest BCUT2D eigenvalue weighted by molar-refractivity contribution is 5.97. The topological polar surface area (TPSA) is 45.2 Å². The average Bonchev–Trinajstić information content (AvgIpc) is 2.41. The van der Waals surface area contributed by atoms with Crippen LogP contribution < -0.4 is 10.2 Å². The van der Waals surface area contributed by atoms with E-state index < -0.39 is 0 Å². The first-order chi connectivity index (χ1) is 8.74. The van der Waals surface area contributed by atoms with Crippen molar-refractivity contribution in [2.75, 3.05) is 18.0 Å². The Hall–Kier alpha value is -1.42. The van der Waals surface area contributed by atoms with E-state index in [0.29, 0.717) is 12.5 Å². The van der Waals surface area contributed by atoms with E-state index in [-0.39, 0.29) is 11.9 Å². The van der Waals surface area contributed by atoms with Gasteiger partial charge in [0.2, 0.25) is 5.91 Å². The molecule has 4 nitrogen and oxygen atoms in total. The summed E-state index contributed by atoms with van der Waals surface area (Å²) >= 11 is 0. The SMILES string of the molecule is CCN(C(=O)C1NCCCC1C)c1ccncc1. The summed E-state index contributed by atoms with van der Waals surface area (Å²) in [5.41, 5.74) is 0.928. The van der Waals surface area contributed by atoms with Crippen molar-refractivity contribution in [2.24, 2.45) is 5.92 Å². The van der Waals surface area contributed by atoms with Gasteiger partial charge in [0.25, 0.3) is 0 Å². The lowest BCUT2D eigenvalue weighted by atomic mass is 9.91. The van der Waals surface area contributed by atoms with Gasteiger partial charge in [-0.15, -0.1) is 0 Å². The number of rotatable bonds is 3. The maximum atomic E-state index is 12.6. The summed E-state index contributed by atoms with van der Waals surface area (Å²) in [4.78, 5) is 18.4. The predicted octanol–water partition coefficient (Wildman–Crippen LogP) is 1.82. The number of carbonyl (C=O) groups is 1. The van der Waals surface area contributed by atoms with Gasteiger partial charge in [-0.1, -0.05) is 6.92 Å². The van der Waals surface area contributed by atoms with Crippen molar-refractivity contribution >= 4 is 11.6 Å². The zero-order valence-corrected chi connectivity index (χ0v) is 11.1. The summed E-state index contributed by atoms with van der Waals surface area (Å²) in [6.45, 7) is 5.78. The molecule has 0 spiro atoms. The monoisotopic (exact) mass is 247 g/mol. The summed E-state index contributed by atoms with van der Waals surface area (Å²) in [6, 6.07) is 3.72. The van der Waals surface area contributed by atoms with Crippen molar-refractivity contribution < 1.29 is 4.79 Å². The molecule has 2 rings (SSSR count). The van der Waals surface area contributed by atoms with Crippen molar-refractivity contribution in [2.45, 2.75) is 32.7 Å². The predicted molar refractivity (Wildman–Crippen MR) is 72.5 cm³/mol. The highest BCUT2D eigenvalue weighted by Gasteiger charge is 2.30. The van der Waals surface area contributed by atoms with Crippen LogP contribution in [-0.4, -0.2) is 30.0 Å².